The van der Waals surface area contributed by atoms with Crippen LogP contribution in [0, 0.1) is 5.41 Å². The average Bonchev–Trinajstić information content (AvgIpc) is 2.26. The van der Waals surface area contributed by atoms with Crippen LogP contribution in [0.5, 0.6) is 0 Å². The zero-order valence-corrected chi connectivity index (χ0v) is 14.6. The number of nitrogens with two attached hydrogens (primary N) is 1. The second kappa shape index (κ2) is 6.61. The summed E-state index contributed by atoms with van der Waals surface area (Å²) in [5.41, 5.74) is 7.89. The number of thioether (sulfide) groups is 1. The Hall–Kier alpha value is -0.350. The van der Waals surface area contributed by atoms with E-state index in [4.69, 9.17) is 28.9 Å². The molecule has 2 rings (SSSR count). The normalized spacial score (nSPS) is 18.9. The lowest BCUT2D eigenvalue weighted by atomic mass is 9.91. The Bertz CT molecular complexity index is 562. The molecule has 6 heteroatoms. The fraction of sp³-hybridized carbons (Fsp3) is 0.357. The Kier molecular flexibility index (Phi) is 5.85. The van der Waals surface area contributed by atoms with Gasteiger partial charge in [-0.15, -0.1) is 12.4 Å². The van der Waals surface area contributed by atoms with Crippen molar-refractivity contribution in [1.29, 1.82) is 0 Å². The van der Waals surface area contributed by atoms with Gasteiger partial charge < -0.3 is 5.73 Å². The molecule has 0 spiro atoms. The summed E-state index contributed by atoms with van der Waals surface area (Å²) >= 11 is 13.7. The first-order valence-corrected chi connectivity index (χ1v) is 7.59. The van der Waals surface area contributed by atoms with Gasteiger partial charge in [0.05, 0.1) is 5.25 Å². The number of hydrogen-bond acceptors (Lipinski definition) is 3. The molecule has 0 aromatic heterocycles. The van der Waals surface area contributed by atoms with Crippen molar-refractivity contribution in [2.24, 2.45) is 16.1 Å². The van der Waals surface area contributed by atoms with Crippen molar-refractivity contribution in [2.75, 3.05) is 0 Å². The third-order valence-corrected chi connectivity index (χ3v) is 4.36. The van der Waals surface area contributed by atoms with Gasteiger partial charge in [0.2, 0.25) is 0 Å². The first-order chi connectivity index (χ1) is 8.77. The van der Waals surface area contributed by atoms with Gasteiger partial charge in [-0.25, -0.2) is 4.99 Å². The molecule has 1 aliphatic heterocycles. The molecule has 110 valence electrons. The molecule has 1 aromatic carbocycles. The summed E-state index contributed by atoms with van der Waals surface area (Å²) in [4.78, 5) is 4.43. The highest BCUT2D eigenvalue weighted by molar-refractivity contribution is 8.14. The number of aliphatic imine (C=N–C) groups is 1. The van der Waals surface area contributed by atoms with Gasteiger partial charge in [-0.3, -0.25) is 0 Å². The second-order valence-corrected chi connectivity index (χ2v) is 7.46. The molecule has 0 amide bonds. The fourth-order valence-electron chi connectivity index (χ4n) is 1.79. The van der Waals surface area contributed by atoms with Crippen molar-refractivity contribution in [3.8, 4) is 0 Å². The van der Waals surface area contributed by atoms with Crippen LogP contribution in [-0.2, 0) is 0 Å². The summed E-state index contributed by atoms with van der Waals surface area (Å²) in [6.07, 6.45) is 2.12. The maximum atomic E-state index is 6.26. The van der Waals surface area contributed by atoms with Crippen molar-refractivity contribution < 1.29 is 0 Å². The van der Waals surface area contributed by atoms with Crippen LogP contribution in [0.4, 0.5) is 0 Å². The molecular formula is C14H17Cl3N2S. The predicted octanol–water partition coefficient (Wildman–Crippen LogP) is 5.45. The molecule has 0 aliphatic carbocycles. The predicted molar refractivity (Wildman–Crippen MR) is 93.2 cm³/mol. The Labute approximate surface area is 140 Å². The van der Waals surface area contributed by atoms with Crippen LogP contribution < -0.4 is 5.73 Å². The number of hydrogen-bond donors (Lipinski definition) is 1. The molecule has 0 bridgehead atoms. The SMILES string of the molecule is CC(C)(C)C1=CC(c2ccc(Cl)cc2Cl)SC(N)=N1.Cl. The van der Waals surface area contributed by atoms with Crippen LogP contribution in [0.2, 0.25) is 10.0 Å². The Balaban J connectivity index is 0.00000200. The van der Waals surface area contributed by atoms with E-state index in [9.17, 15) is 0 Å². The molecule has 0 saturated heterocycles. The topological polar surface area (TPSA) is 38.4 Å². The van der Waals surface area contributed by atoms with E-state index in [2.05, 4.69) is 31.8 Å². The average molecular weight is 352 g/mol. The number of halogens is 3. The van der Waals surface area contributed by atoms with Crippen molar-refractivity contribution in [3.05, 3.63) is 45.6 Å². The van der Waals surface area contributed by atoms with Crippen molar-refractivity contribution >= 4 is 52.5 Å². The zero-order chi connectivity index (χ0) is 14.2. The Morgan fingerprint density at radius 1 is 1.25 bits per heavy atom. The standard InChI is InChI=1S/C14H16Cl2N2S.ClH/c1-14(2,3)12-7-11(19-13(17)18-12)9-5-4-8(15)6-10(9)16;/h4-7,11H,1-3H3,(H2,17,18);1H. The first kappa shape index (κ1) is 17.7. The fourth-order valence-corrected chi connectivity index (χ4v) is 3.32. The number of benzene rings is 1. The van der Waals surface area contributed by atoms with E-state index in [-0.39, 0.29) is 23.1 Å². The van der Waals surface area contributed by atoms with E-state index >= 15 is 0 Å². The van der Waals surface area contributed by atoms with Gasteiger partial charge in [0.25, 0.3) is 0 Å². The van der Waals surface area contributed by atoms with Gasteiger partial charge in [0, 0.05) is 21.2 Å². The summed E-state index contributed by atoms with van der Waals surface area (Å²) in [6.45, 7) is 6.35. The maximum absolute atomic E-state index is 6.26. The van der Waals surface area contributed by atoms with E-state index in [1.807, 2.05) is 12.1 Å². The van der Waals surface area contributed by atoms with Gasteiger partial charge in [-0.2, -0.15) is 0 Å². The number of allylic oxidation sites excluding steroid dienone is 1. The van der Waals surface area contributed by atoms with E-state index in [1.165, 1.54) is 11.8 Å². The summed E-state index contributed by atoms with van der Waals surface area (Å²) in [5.74, 6) is 0. The van der Waals surface area contributed by atoms with Crippen molar-refractivity contribution in [3.63, 3.8) is 0 Å². The molecular weight excluding hydrogens is 335 g/mol. The number of amidine groups is 1. The van der Waals surface area contributed by atoms with E-state index in [0.717, 1.165) is 11.3 Å². The lowest BCUT2D eigenvalue weighted by molar-refractivity contribution is 0.496. The summed E-state index contributed by atoms with van der Waals surface area (Å²) in [5, 5.41) is 1.94. The quantitative estimate of drug-likeness (QED) is 0.730. The lowest BCUT2D eigenvalue weighted by Gasteiger charge is -2.26. The van der Waals surface area contributed by atoms with Crippen LogP contribution in [0.15, 0.2) is 35.0 Å². The van der Waals surface area contributed by atoms with Gasteiger partial charge in [-0.05, 0) is 23.8 Å². The number of nitrogens with zero attached hydrogens (tertiary/aromatic N) is 1. The molecule has 2 nitrogen and oxygen atoms in total. The molecule has 0 saturated carbocycles. The van der Waals surface area contributed by atoms with Crippen molar-refractivity contribution in [2.45, 2.75) is 26.0 Å². The third-order valence-electron chi connectivity index (χ3n) is 2.83. The largest absolute Gasteiger partial charge is 0.378 e. The van der Waals surface area contributed by atoms with E-state index < -0.39 is 0 Å². The minimum Gasteiger partial charge on any atom is -0.378 e. The minimum absolute atomic E-state index is 0. The molecule has 2 N–H and O–H groups in total. The monoisotopic (exact) mass is 350 g/mol. The lowest BCUT2D eigenvalue weighted by Crippen LogP contribution is -2.19. The molecule has 1 heterocycles. The van der Waals surface area contributed by atoms with Crippen LogP contribution >= 0.6 is 47.4 Å². The molecule has 1 aromatic rings. The van der Waals surface area contributed by atoms with Gasteiger partial charge in [0.15, 0.2) is 5.17 Å². The van der Waals surface area contributed by atoms with Crippen LogP contribution in [0.3, 0.4) is 0 Å². The maximum Gasteiger partial charge on any atom is 0.159 e. The molecule has 0 fully saturated rings. The molecule has 1 unspecified atom stereocenters. The van der Waals surface area contributed by atoms with Crippen LogP contribution in [0.25, 0.3) is 0 Å². The molecule has 1 aliphatic rings. The van der Waals surface area contributed by atoms with Gasteiger partial charge in [-0.1, -0.05) is 61.8 Å². The van der Waals surface area contributed by atoms with E-state index in [1.54, 1.807) is 6.07 Å². The highest BCUT2D eigenvalue weighted by atomic mass is 35.5. The minimum atomic E-state index is -0.0389. The Morgan fingerprint density at radius 3 is 2.45 bits per heavy atom. The molecule has 1 atom stereocenters. The van der Waals surface area contributed by atoms with E-state index in [0.29, 0.717) is 15.2 Å². The van der Waals surface area contributed by atoms with Gasteiger partial charge >= 0.3 is 0 Å². The summed E-state index contributed by atoms with van der Waals surface area (Å²) < 4.78 is 0. The van der Waals surface area contributed by atoms with Gasteiger partial charge in [0.1, 0.15) is 0 Å². The molecule has 0 radical (unpaired) electrons. The summed E-state index contributed by atoms with van der Waals surface area (Å²) in [7, 11) is 0. The smallest absolute Gasteiger partial charge is 0.159 e. The highest BCUT2D eigenvalue weighted by Gasteiger charge is 2.25. The summed E-state index contributed by atoms with van der Waals surface area (Å²) in [6, 6.07) is 5.54. The first-order valence-electron chi connectivity index (χ1n) is 5.95. The number of rotatable bonds is 1. The highest BCUT2D eigenvalue weighted by Crippen LogP contribution is 2.42. The second-order valence-electron chi connectivity index (χ2n) is 5.46. The molecule has 20 heavy (non-hydrogen) atoms. The third kappa shape index (κ3) is 4.08. The van der Waals surface area contributed by atoms with Crippen molar-refractivity contribution in [1.82, 2.24) is 0 Å². The Morgan fingerprint density at radius 2 is 1.90 bits per heavy atom. The van der Waals surface area contributed by atoms with Crippen LogP contribution in [-0.4, -0.2) is 5.17 Å². The van der Waals surface area contributed by atoms with Crippen LogP contribution in [0.1, 0.15) is 31.6 Å². The zero-order valence-electron chi connectivity index (χ0n) is 11.5.